The van der Waals surface area contributed by atoms with E-state index in [0.717, 1.165) is 5.01 Å². The fraction of sp³-hybridized carbons (Fsp3) is 0.333. The molecule has 0 aliphatic rings. The highest BCUT2D eigenvalue weighted by molar-refractivity contribution is 7.10. The van der Waals surface area contributed by atoms with Crippen molar-refractivity contribution in [2.45, 2.75) is 0 Å². The van der Waals surface area contributed by atoms with E-state index in [4.69, 9.17) is 4.74 Å². The number of ether oxygens (including phenoxy) is 1. The second-order valence-corrected chi connectivity index (χ2v) is 3.80. The zero-order chi connectivity index (χ0) is 10.4. The number of nitrogens with zero attached hydrogens (tertiary/aromatic N) is 2. The van der Waals surface area contributed by atoms with Gasteiger partial charge in [0.2, 0.25) is 0 Å². The molecule has 0 N–H and O–H groups in total. The van der Waals surface area contributed by atoms with Crippen molar-refractivity contribution in [3.8, 4) is 0 Å². The first-order valence-corrected chi connectivity index (χ1v) is 4.95. The lowest BCUT2D eigenvalue weighted by molar-refractivity contribution is -0.141. The van der Waals surface area contributed by atoms with Crippen molar-refractivity contribution in [1.82, 2.24) is 9.88 Å². The van der Waals surface area contributed by atoms with E-state index in [2.05, 4.69) is 4.98 Å². The van der Waals surface area contributed by atoms with Crippen LogP contribution in [-0.2, 0) is 9.53 Å². The van der Waals surface area contributed by atoms with E-state index in [0.29, 0.717) is 6.73 Å². The van der Waals surface area contributed by atoms with Gasteiger partial charge < -0.3 is 4.74 Å². The first-order chi connectivity index (χ1) is 6.68. The minimum absolute atomic E-state index is 0.293. The van der Waals surface area contributed by atoms with Crippen LogP contribution in [0, 0.1) is 0 Å². The third kappa shape index (κ3) is 4.15. The maximum absolute atomic E-state index is 11.1. The minimum atomic E-state index is -0.353. The van der Waals surface area contributed by atoms with E-state index in [1.165, 1.54) is 17.4 Å². The van der Waals surface area contributed by atoms with Crippen molar-refractivity contribution in [3.05, 3.63) is 22.7 Å². The molecule has 0 spiro atoms. The van der Waals surface area contributed by atoms with Crippen LogP contribution in [-0.4, -0.2) is 36.7 Å². The zero-order valence-electron chi connectivity index (χ0n) is 8.14. The summed E-state index contributed by atoms with van der Waals surface area (Å²) in [6, 6.07) is 0. The highest BCUT2D eigenvalue weighted by atomic mass is 32.1. The second-order valence-electron chi connectivity index (χ2n) is 2.88. The van der Waals surface area contributed by atoms with Gasteiger partial charge in [-0.15, -0.1) is 11.3 Å². The number of hydrogen-bond donors (Lipinski definition) is 0. The molecule has 1 aromatic heterocycles. The molecule has 0 fully saturated rings. The summed E-state index contributed by atoms with van der Waals surface area (Å²) in [5, 5.41) is 2.65. The van der Waals surface area contributed by atoms with Crippen molar-refractivity contribution in [2.75, 3.05) is 20.8 Å². The van der Waals surface area contributed by atoms with Crippen molar-refractivity contribution in [1.29, 1.82) is 0 Å². The first-order valence-electron chi connectivity index (χ1n) is 4.07. The first kappa shape index (κ1) is 10.9. The monoisotopic (exact) mass is 212 g/mol. The van der Waals surface area contributed by atoms with E-state index in [1.807, 2.05) is 19.5 Å². The Kier molecular flexibility index (Phi) is 4.28. The van der Waals surface area contributed by atoms with Crippen molar-refractivity contribution in [3.63, 3.8) is 0 Å². The summed E-state index contributed by atoms with van der Waals surface area (Å²) in [6.07, 6.45) is 4.71. The maximum atomic E-state index is 11.1. The fourth-order valence-electron chi connectivity index (χ4n) is 0.697. The summed E-state index contributed by atoms with van der Waals surface area (Å²) < 4.78 is 4.88. The molecule has 0 atom stereocenters. The Labute approximate surface area is 86.8 Å². The van der Waals surface area contributed by atoms with Gasteiger partial charge in [-0.05, 0) is 20.2 Å². The maximum Gasteiger partial charge on any atom is 0.332 e. The topological polar surface area (TPSA) is 42.4 Å². The van der Waals surface area contributed by atoms with Gasteiger partial charge in [-0.3, -0.25) is 4.90 Å². The van der Waals surface area contributed by atoms with Crippen molar-refractivity contribution >= 4 is 23.4 Å². The molecule has 1 heterocycles. The van der Waals surface area contributed by atoms with Gasteiger partial charge in [0.15, 0.2) is 0 Å². The molecule has 4 nitrogen and oxygen atoms in total. The molecule has 0 unspecified atom stereocenters. The number of thiazole rings is 1. The van der Waals surface area contributed by atoms with Gasteiger partial charge in [0.25, 0.3) is 0 Å². The van der Waals surface area contributed by atoms with Gasteiger partial charge in [0.1, 0.15) is 11.7 Å². The molecule has 0 aromatic carbocycles. The number of rotatable bonds is 4. The summed E-state index contributed by atoms with van der Waals surface area (Å²) in [5.41, 5.74) is 0. The van der Waals surface area contributed by atoms with Crippen LogP contribution in [0.25, 0.3) is 6.08 Å². The largest absolute Gasteiger partial charge is 0.446 e. The van der Waals surface area contributed by atoms with Gasteiger partial charge in [-0.25, -0.2) is 9.78 Å². The number of aromatic nitrogens is 1. The molecule has 0 radical (unpaired) electrons. The second kappa shape index (κ2) is 5.51. The molecule has 0 bridgehead atoms. The van der Waals surface area contributed by atoms with Crippen LogP contribution in [0.1, 0.15) is 5.01 Å². The van der Waals surface area contributed by atoms with Gasteiger partial charge in [-0.1, -0.05) is 0 Å². The van der Waals surface area contributed by atoms with Crippen LogP contribution in [0.15, 0.2) is 17.7 Å². The number of hydrogen-bond acceptors (Lipinski definition) is 5. The number of esters is 1. The number of carbonyl (C=O) groups is 1. The highest BCUT2D eigenvalue weighted by Gasteiger charge is 1.97. The molecular weight excluding hydrogens is 200 g/mol. The smallest absolute Gasteiger partial charge is 0.332 e. The average molecular weight is 212 g/mol. The molecule has 5 heteroatoms. The predicted octanol–water partition coefficient (Wildman–Crippen LogP) is 1.22. The average Bonchev–Trinajstić information content (AvgIpc) is 2.63. The predicted molar refractivity (Wildman–Crippen MR) is 55.8 cm³/mol. The third-order valence-electron chi connectivity index (χ3n) is 1.28. The van der Waals surface area contributed by atoms with Gasteiger partial charge in [0, 0.05) is 17.7 Å². The Morgan fingerprint density at radius 1 is 1.71 bits per heavy atom. The van der Waals surface area contributed by atoms with Gasteiger partial charge in [-0.2, -0.15) is 0 Å². The van der Waals surface area contributed by atoms with E-state index in [9.17, 15) is 4.79 Å². The molecule has 76 valence electrons. The Hall–Kier alpha value is -1.20. The van der Waals surface area contributed by atoms with Crippen LogP contribution < -0.4 is 0 Å². The lowest BCUT2D eigenvalue weighted by Crippen LogP contribution is -2.18. The molecule has 1 aromatic rings. The van der Waals surface area contributed by atoms with E-state index in [1.54, 1.807) is 17.2 Å². The normalized spacial score (nSPS) is 11.1. The molecule has 0 aliphatic heterocycles. The lowest BCUT2D eigenvalue weighted by atomic mass is 10.5. The molecule has 14 heavy (non-hydrogen) atoms. The molecule has 0 saturated carbocycles. The highest BCUT2D eigenvalue weighted by Crippen LogP contribution is 2.05. The van der Waals surface area contributed by atoms with E-state index >= 15 is 0 Å². The van der Waals surface area contributed by atoms with Gasteiger partial charge >= 0.3 is 5.97 Å². The van der Waals surface area contributed by atoms with Gasteiger partial charge in [0.05, 0.1) is 0 Å². The lowest BCUT2D eigenvalue weighted by Gasteiger charge is -2.07. The minimum Gasteiger partial charge on any atom is -0.446 e. The fourth-order valence-corrected chi connectivity index (χ4v) is 1.23. The zero-order valence-corrected chi connectivity index (χ0v) is 8.95. The number of carbonyl (C=O) groups excluding carboxylic acids is 1. The summed E-state index contributed by atoms with van der Waals surface area (Å²) >= 11 is 1.47. The molecule has 0 aliphatic carbocycles. The van der Waals surface area contributed by atoms with E-state index < -0.39 is 0 Å². The van der Waals surface area contributed by atoms with Crippen LogP contribution in [0.5, 0.6) is 0 Å². The molecular formula is C9H12N2O2S. The Morgan fingerprint density at radius 2 is 2.50 bits per heavy atom. The summed E-state index contributed by atoms with van der Waals surface area (Å²) in [4.78, 5) is 16.9. The quantitative estimate of drug-likeness (QED) is 0.427. The Bertz CT molecular complexity index is 307. The van der Waals surface area contributed by atoms with E-state index in [-0.39, 0.29) is 5.97 Å². The van der Waals surface area contributed by atoms with Crippen LogP contribution in [0.2, 0.25) is 0 Å². The SMILES string of the molecule is CN(C)COC(=O)/C=C\c1nccs1. The van der Waals surface area contributed by atoms with Crippen molar-refractivity contribution in [2.24, 2.45) is 0 Å². The molecule has 0 amide bonds. The Balaban J connectivity index is 2.34. The standard InChI is InChI=1S/C9H12N2O2S/c1-11(2)7-13-9(12)4-3-8-10-5-6-14-8/h3-6H,7H2,1-2H3/b4-3-. The summed E-state index contributed by atoms with van der Waals surface area (Å²) in [7, 11) is 3.66. The summed E-state index contributed by atoms with van der Waals surface area (Å²) in [6.45, 7) is 0.293. The van der Waals surface area contributed by atoms with Crippen LogP contribution in [0.3, 0.4) is 0 Å². The third-order valence-corrected chi connectivity index (χ3v) is 2.02. The molecule has 1 rings (SSSR count). The van der Waals surface area contributed by atoms with Crippen LogP contribution in [0.4, 0.5) is 0 Å². The summed E-state index contributed by atoms with van der Waals surface area (Å²) in [5.74, 6) is -0.353. The van der Waals surface area contributed by atoms with Crippen molar-refractivity contribution < 1.29 is 9.53 Å². The Morgan fingerprint density at radius 3 is 3.07 bits per heavy atom. The molecule has 0 saturated heterocycles. The van der Waals surface area contributed by atoms with Crippen LogP contribution >= 0.6 is 11.3 Å².